The van der Waals surface area contributed by atoms with E-state index in [0.29, 0.717) is 0 Å². The number of hydrogen-bond donors (Lipinski definition) is 4. The Morgan fingerprint density at radius 1 is 1.30 bits per heavy atom. The second-order valence-corrected chi connectivity index (χ2v) is 8.32. The van der Waals surface area contributed by atoms with Gasteiger partial charge in [0.25, 0.3) is 0 Å². The number of hydrogen-bond acceptors (Lipinski definition) is 7. The third-order valence-electron chi connectivity index (χ3n) is 7.07. The number of nitrogens with one attached hydrogen (secondary N) is 2. The predicted molar refractivity (Wildman–Crippen MR) is 103 cm³/mol. The molecule has 5 rings (SSSR count). The van der Waals surface area contributed by atoms with E-state index in [2.05, 4.69) is 25.5 Å². The molecule has 1 aliphatic carbocycles. The average molecular weight is 372 g/mol. The number of aliphatic hydroxyl groups is 2. The summed E-state index contributed by atoms with van der Waals surface area (Å²) < 4.78 is 2.01. The lowest BCUT2D eigenvalue weighted by Gasteiger charge is -2.51. The molecule has 0 amide bonds. The van der Waals surface area contributed by atoms with Gasteiger partial charge in [0.05, 0.1) is 17.5 Å². The van der Waals surface area contributed by atoms with Crippen molar-refractivity contribution in [1.29, 1.82) is 0 Å². The first-order valence-electron chi connectivity index (χ1n) is 9.94. The van der Waals surface area contributed by atoms with Crippen LogP contribution in [0, 0.1) is 5.92 Å². The predicted octanol–water partition coefficient (Wildman–Crippen LogP) is 0.194. The Labute approximate surface area is 158 Å². The smallest absolute Gasteiger partial charge is 0.145 e. The van der Waals surface area contributed by atoms with Gasteiger partial charge in [-0.15, -0.1) is 0 Å². The molecule has 2 aromatic heterocycles. The maximum atomic E-state index is 10.8. The van der Waals surface area contributed by atoms with Crippen LogP contribution < -0.4 is 10.6 Å². The van der Waals surface area contributed by atoms with E-state index < -0.39 is 12.2 Å². The van der Waals surface area contributed by atoms with Gasteiger partial charge in [0, 0.05) is 44.3 Å². The molecule has 1 spiro atoms. The number of nitrogens with zero attached hydrogens (tertiary/aromatic N) is 4. The summed E-state index contributed by atoms with van der Waals surface area (Å²) >= 11 is 0. The highest BCUT2D eigenvalue weighted by molar-refractivity contribution is 5.87. The minimum atomic E-state index is -0.780. The number of aromatic nitrogens is 3. The zero-order valence-corrected chi connectivity index (χ0v) is 15.7. The molecule has 8 nitrogen and oxygen atoms in total. The molecule has 5 atom stereocenters. The van der Waals surface area contributed by atoms with Crippen LogP contribution in [0.25, 0.3) is 11.0 Å². The number of aliphatic hydroxyl groups excluding tert-OH is 2. The SMILES string of the molecule is CNc1ncnc2c1ccn2[C@@H]1C[C@H](CN2CCC23CCNC3)[C@@H](O)[C@H]1O. The maximum absolute atomic E-state index is 10.8. The molecule has 2 aromatic rings. The summed E-state index contributed by atoms with van der Waals surface area (Å²) in [6.07, 6.45) is 5.19. The van der Waals surface area contributed by atoms with Gasteiger partial charge >= 0.3 is 0 Å². The van der Waals surface area contributed by atoms with Gasteiger partial charge in [0.15, 0.2) is 0 Å². The summed E-state index contributed by atoms with van der Waals surface area (Å²) in [5.41, 5.74) is 1.09. The summed E-state index contributed by atoms with van der Waals surface area (Å²) in [6, 6.07) is 1.81. The molecule has 0 bridgehead atoms. The highest BCUT2D eigenvalue weighted by Gasteiger charge is 2.50. The molecule has 2 saturated heterocycles. The molecule has 4 heterocycles. The maximum Gasteiger partial charge on any atom is 0.145 e. The normalized spacial score (nSPS) is 36.6. The van der Waals surface area contributed by atoms with Crippen molar-refractivity contribution in [3.8, 4) is 0 Å². The average Bonchev–Trinajstić information content (AvgIpc) is 3.39. The van der Waals surface area contributed by atoms with Gasteiger partial charge in [-0.1, -0.05) is 0 Å². The zero-order chi connectivity index (χ0) is 18.6. The Bertz CT molecular complexity index is 833. The van der Waals surface area contributed by atoms with Crippen molar-refractivity contribution >= 4 is 16.9 Å². The molecule has 0 radical (unpaired) electrons. The third kappa shape index (κ3) is 2.58. The second kappa shape index (κ2) is 6.41. The van der Waals surface area contributed by atoms with Crippen molar-refractivity contribution in [2.75, 3.05) is 38.5 Å². The molecule has 4 N–H and O–H groups in total. The minimum absolute atomic E-state index is 0.0748. The van der Waals surface area contributed by atoms with Crippen molar-refractivity contribution in [3.63, 3.8) is 0 Å². The first-order chi connectivity index (χ1) is 13.1. The second-order valence-electron chi connectivity index (χ2n) is 8.32. The molecule has 0 aromatic carbocycles. The summed E-state index contributed by atoms with van der Waals surface area (Å²) in [7, 11) is 1.84. The van der Waals surface area contributed by atoms with Crippen LogP contribution in [0.3, 0.4) is 0 Å². The molecule has 27 heavy (non-hydrogen) atoms. The van der Waals surface area contributed by atoms with Crippen molar-refractivity contribution in [2.45, 2.75) is 43.1 Å². The lowest BCUT2D eigenvalue weighted by atomic mass is 9.82. The van der Waals surface area contributed by atoms with Gasteiger partial charge < -0.3 is 25.4 Å². The Balaban J connectivity index is 1.37. The summed E-state index contributed by atoms with van der Waals surface area (Å²) in [5.74, 6) is 0.852. The monoisotopic (exact) mass is 372 g/mol. The highest BCUT2D eigenvalue weighted by atomic mass is 16.3. The Hall–Kier alpha value is -1.74. The van der Waals surface area contributed by atoms with Crippen molar-refractivity contribution in [3.05, 3.63) is 18.6 Å². The molecule has 3 fully saturated rings. The van der Waals surface area contributed by atoms with Crippen LogP contribution in [0.2, 0.25) is 0 Å². The quantitative estimate of drug-likeness (QED) is 0.608. The summed E-state index contributed by atoms with van der Waals surface area (Å²) in [5, 5.41) is 29.0. The fourth-order valence-electron chi connectivity index (χ4n) is 5.36. The fraction of sp³-hybridized carbons (Fsp3) is 0.684. The van der Waals surface area contributed by atoms with Gasteiger partial charge in [-0.05, 0) is 31.9 Å². The lowest BCUT2D eigenvalue weighted by molar-refractivity contribution is -0.0424. The molecular formula is C19H28N6O2. The topological polar surface area (TPSA) is 98.5 Å². The third-order valence-corrected chi connectivity index (χ3v) is 7.07. The van der Waals surface area contributed by atoms with Gasteiger partial charge in [-0.25, -0.2) is 9.97 Å². The van der Waals surface area contributed by atoms with E-state index in [1.165, 1.54) is 19.2 Å². The Morgan fingerprint density at radius 2 is 2.19 bits per heavy atom. The molecule has 146 valence electrons. The van der Waals surface area contributed by atoms with E-state index in [1.807, 2.05) is 23.9 Å². The minimum Gasteiger partial charge on any atom is -0.390 e. The fourth-order valence-corrected chi connectivity index (χ4v) is 5.36. The summed E-state index contributed by atoms with van der Waals surface area (Å²) in [6.45, 7) is 4.08. The van der Waals surface area contributed by atoms with E-state index in [1.54, 1.807) is 0 Å². The number of fused-ring (bicyclic) bond motifs is 1. The van der Waals surface area contributed by atoms with Crippen LogP contribution in [0.5, 0.6) is 0 Å². The molecular weight excluding hydrogens is 344 g/mol. The van der Waals surface area contributed by atoms with Crippen LogP contribution in [0.1, 0.15) is 25.3 Å². The first kappa shape index (κ1) is 17.4. The van der Waals surface area contributed by atoms with Crippen LogP contribution in [-0.4, -0.2) is 80.6 Å². The van der Waals surface area contributed by atoms with Gasteiger partial charge in [0.1, 0.15) is 23.9 Å². The van der Waals surface area contributed by atoms with Crippen molar-refractivity contribution < 1.29 is 10.2 Å². The lowest BCUT2D eigenvalue weighted by Crippen LogP contribution is -2.62. The number of likely N-dealkylation sites (tertiary alicyclic amines) is 1. The van der Waals surface area contributed by atoms with Crippen LogP contribution in [-0.2, 0) is 0 Å². The Kier molecular flexibility index (Phi) is 4.12. The molecule has 8 heteroatoms. The molecule has 3 aliphatic rings. The van der Waals surface area contributed by atoms with E-state index in [4.69, 9.17) is 0 Å². The largest absolute Gasteiger partial charge is 0.390 e. The van der Waals surface area contributed by atoms with Crippen molar-refractivity contribution in [2.24, 2.45) is 5.92 Å². The molecule has 1 saturated carbocycles. The summed E-state index contributed by atoms with van der Waals surface area (Å²) in [4.78, 5) is 11.2. The van der Waals surface area contributed by atoms with Crippen LogP contribution >= 0.6 is 0 Å². The first-order valence-corrected chi connectivity index (χ1v) is 9.94. The van der Waals surface area contributed by atoms with E-state index >= 15 is 0 Å². The highest BCUT2D eigenvalue weighted by Crippen LogP contribution is 2.42. The van der Waals surface area contributed by atoms with Gasteiger partial charge in [-0.2, -0.15) is 0 Å². The van der Waals surface area contributed by atoms with E-state index in [0.717, 1.165) is 49.5 Å². The van der Waals surface area contributed by atoms with Gasteiger partial charge in [-0.3, -0.25) is 4.90 Å². The van der Waals surface area contributed by atoms with E-state index in [-0.39, 0.29) is 17.5 Å². The van der Waals surface area contributed by atoms with Crippen molar-refractivity contribution in [1.82, 2.24) is 24.8 Å². The molecule has 1 unspecified atom stereocenters. The standard InChI is InChI=1S/C19H28N6O2/c1-20-17-13-2-6-25(18(13)23-11-22-17)14-8-12(15(26)16(14)27)9-24-7-4-19(24)3-5-21-10-19/h2,6,11-12,14-16,21,26-27H,3-5,7-10H2,1H3,(H,20,22,23)/t12-,14-,15-,16+,19?/m1/s1. The van der Waals surface area contributed by atoms with Crippen LogP contribution in [0.4, 0.5) is 5.82 Å². The zero-order valence-electron chi connectivity index (χ0n) is 15.7. The van der Waals surface area contributed by atoms with Crippen LogP contribution in [0.15, 0.2) is 18.6 Å². The number of rotatable bonds is 4. The van der Waals surface area contributed by atoms with Gasteiger partial charge in [0.2, 0.25) is 0 Å². The number of anilines is 1. The molecule has 2 aliphatic heterocycles. The van der Waals surface area contributed by atoms with E-state index in [9.17, 15) is 10.2 Å². The Morgan fingerprint density at radius 3 is 2.89 bits per heavy atom.